The minimum atomic E-state index is -1.28. The normalized spacial score (nSPS) is 28.2. The summed E-state index contributed by atoms with van der Waals surface area (Å²) in [5, 5.41) is 13.8. The fraction of sp³-hybridized carbons (Fsp3) is 0.622. The van der Waals surface area contributed by atoms with Crippen molar-refractivity contribution in [2.45, 2.75) is 107 Å². The number of rotatable bonds is 18. The van der Waals surface area contributed by atoms with Gasteiger partial charge in [-0.05, 0) is 37.7 Å². The van der Waals surface area contributed by atoms with Crippen molar-refractivity contribution >= 4 is 39.6 Å². The van der Waals surface area contributed by atoms with Crippen molar-refractivity contribution in [3.8, 4) is 0 Å². The number of alkyl halides is 1. The topological polar surface area (TPSA) is 125 Å². The first-order valence-corrected chi connectivity index (χ1v) is 18.2. The summed E-state index contributed by atoms with van der Waals surface area (Å²) in [5.41, 5.74) is -0.535. The number of carbonyl (C=O) groups is 4. The van der Waals surface area contributed by atoms with Gasteiger partial charge in [-0.25, -0.2) is 0 Å². The number of allylic oxidation sites excluding steroid dienone is 1. The van der Waals surface area contributed by atoms with Gasteiger partial charge in [0.05, 0.1) is 36.6 Å². The fourth-order valence-corrected chi connectivity index (χ4v) is 8.76. The van der Waals surface area contributed by atoms with E-state index in [1.165, 1.54) is 0 Å². The first-order chi connectivity index (χ1) is 23.0. The van der Waals surface area contributed by atoms with Crippen LogP contribution in [-0.4, -0.2) is 93.0 Å². The fourth-order valence-electron chi connectivity index (χ4n) is 7.82. The molecule has 264 valence electrons. The smallest absolute Gasteiger partial charge is 0.306 e. The number of aliphatic hydroxyl groups is 1. The Hall–Kier alpha value is -3.02. The third kappa shape index (κ3) is 7.28. The van der Waals surface area contributed by atoms with Crippen LogP contribution in [0.1, 0.15) is 77.8 Å². The van der Waals surface area contributed by atoms with Gasteiger partial charge in [-0.1, -0.05) is 92.0 Å². The Morgan fingerprint density at radius 2 is 1.92 bits per heavy atom. The molecule has 3 aliphatic heterocycles. The Morgan fingerprint density at radius 3 is 2.52 bits per heavy atom. The van der Waals surface area contributed by atoms with Gasteiger partial charge >= 0.3 is 5.97 Å². The number of hydrogen-bond donors (Lipinski definition) is 2. The van der Waals surface area contributed by atoms with Crippen molar-refractivity contribution in [1.29, 1.82) is 0 Å². The predicted molar refractivity (Wildman–Crippen MR) is 187 cm³/mol. The molecule has 11 heteroatoms. The minimum absolute atomic E-state index is 0.0921. The van der Waals surface area contributed by atoms with E-state index in [2.05, 4.69) is 41.3 Å². The van der Waals surface area contributed by atoms with Gasteiger partial charge in [-0.15, -0.1) is 13.2 Å². The lowest BCUT2D eigenvalue weighted by Crippen LogP contribution is -2.61. The highest BCUT2D eigenvalue weighted by molar-refractivity contribution is 9.09. The van der Waals surface area contributed by atoms with E-state index in [1.54, 1.807) is 22.0 Å². The molecule has 48 heavy (non-hydrogen) atoms. The van der Waals surface area contributed by atoms with Crippen LogP contribution in [-0.2, 0) is 28.7 Å². The third-order valence-electron chi connectivity index (χ3n) is 10.4. The van der Waals surface area contributed by atoms with Crippen LogP contribution in [0, 0.1) is 17.8 Å². The molecule has 3 fully saturated rings. The monoisotopic (exact) mass is 729 g/mol. The first-order valence-electron chi connectivity index (χ1n) is 17.3. The van der Waals surface area contributed by atoms with E-state index >= 15 is 0 Å². The minimum Gasteiger partial charge on any atom is -0.463 e. The largest absolute Gasteiger partial charge is 0.463 e. The van der Waals surface area contributed by atoms with E-state index in [1.807, 2.05) is 51.1 Å². The second-order valence-electron chi connectivity index (χ2n) is 13.4. The van der Waals surface area contributed by atoms with Gasteiger partial charge in [0.15, 0.2) is 0 Å². The Labute approximate surface area is 293 Å². The van der Waals surface area contributed by atoms with Crippen LogP contribution in [0.4, 0.5) is 0 Å². The first kappa shape index (κ1) is 37.8. The maximum absolute atomic E-state index is 14.8. The lowest BCUT2D eigenvalue weighted by molar-refractivity contribution is -0.154. The van der Waals surface area contributed by atoms with Gasteiger partial charge in [0.25, 0.3) is 0 Å². The van der Waals surface area contributed by atoms with Crippen LogP contribution >= 0.6 is 15.9 Å². The summed E-state index contributed by atoms with van der Waals surface area (Å²) in [6, 6.07) is 6.75. The van der Waals surface area contributed by atoms with Gasteiger partial charge in [-0.3, -0.25) is 19.2 Å². The molecular weight excluding hydrogens is 678 g/mol. The van der Waals surface area contributed by atoms with E-state index in [0.717, 1.165) is 18.4 Å². The maximum atomic E-state index is 14.8. The molecule has 0 aliphatic carbocycles. The van der Waals surface area contributed by atoms with Crippen molar-refractivity contribution < 1.29 is 33.8 Å². The number of carbonyl (C=O) groups excluding carboxylic acids is 4. The number of amides is 3. The van der Waals surface area contributed by atoms with Crippen LogP contribution in [0.25, 0.3) is 0 Å². The van der Waals surface area contributed by atoms with Gasteiger partial charge in [-0.2, -0.15) is 0 Å². The van der Waals surface area contributed by atoms with E-state index < -0.39 is 53.5 Å². The SMILES string of the molecule is C=CCCC(=O)OC[C@@H](NC(=O)[C@@H]1[C@H]2O[C@@]3(CC2Br)[C@H](C(=O)N(CC=C)C(C)CCC)N([C@@H](CO)[C@@H](C)CC)C(=O)[C@@H]13)c1ccccc1. The van der Waals surface area contributed by atoms with Gasteiger partial charge < -0.3 is 29.7 Å². The average Bonchev–Trinajstić information content (AvgIpc) is 3.68. The number of esters is 1. The van der Waals surface area contributed by atoms with Gasteiger partial charge in [0, 0.05) is 23.8 Å². The Kier molecular flexibility index (Phi) is 13.1. The number of benzene rings is 1. The molecule has 1 spiro atoms. The quantitative estimate of drug-likeness (QED) is 0.127. The molecule has 0 aromatic heterocycles. The molecule has 4 rings (SSSR count). The summed E-state index contributed by atoms with van der Waals surface area (Å²) in [7, 11) is 0. The van der Waals surface area contributed by atoms with Crippen molar-refractivity contribution in [3.05, 3.63) is 61.2 Å². The number of hydrogen-bond acceptors (Lipinski definition) is 7. The van der Waals surface area contributed by atoms with Crippen molar-refractivity contribution in [3.63, 3.8) is 0 Å². The predicted octanol–water partition coefficient (Wildman–Crippen LogP) is 4.71. The second kappa shape index (κ2) is 16.6. The zero-order chi connectivity index (χ0) is 35.2. The van der Waals surface area contributed by atoms with Gasteiger partial charge in [0.1, 0.15) is 18.2 Å². The van der Waals surface area contributed by atoms with Crippen molar-refractivity contribution in [1.82, 2.24) is 15.1 Å². The van der Waals surface area contributed by atoms with E-state index in [0.29, 0.717) is 25.8 Å². The molecule has 10 atom stereocenters. The van der Waals surface area contributed by atoms with E-state index in [-0.39, 0.29) is 48.2 Å². The number of halogens is 1. The average molecular weight is 731 g/mol. The zero-order valence-electron chi connectivity index (χ0n) is 28.7. The summed E-state index contributed by atoms with van der Waals surface area (Å²) in [4.78, 5) is 59.4. The maximum Gasteiger partial charge on any atom is 0.306 e. The van der Waals surface area contributed by atoms with Crippen molar-refractivity contribution in [2.75, 3.05) is 19.8 Å². The Balaban J connectivity index is 1.74. The number of fused-ring (bicyclic) bond motifs is 1. The molecule has 2 bridgehead atoms. The number of nitrogens with zero attached hydrogens (tertiary/aromatic N) is 2. The summed E-state index contributed by atoms with van der Waals surface area (Å²) in [6.07, 6.45) is 5.97. The number of ether oxygens (including phenoxy) is 2. The molecule has 0 saturated carbocycles. The zero-order valence-corrected chi connectivity index (χ0v) is 30.3. The van der Waals surface area contributed by atoms with Crippen LogP contribution in [0.15, 0.2) is 55.6 Å². The number of likely N-dealkylation sites (tertiary alicyclic amines) is 1. The molecule has 3 heterocycles. The third-order valence-corrected chi connectivity index (χ3v) is 11.3. The van der Waals surface area contributed by atoms with E-state index in [4.69, 9.17) is 9.47 Å². The Morgan fingerprint density at radius 1 is 1.21 bits per heavy atom. The second-order valence-corrected chi connectivity index (χ2v) is 14.6. The summed E-state index contributed by atoms with van der Waals surface area (Å²) in [5.74, 6) is -3.42. The lowest BCUT2D eigenvalue weighted by Gasteiger charge is -2.42. The highest BCUT2D eigenvalue weighted by Gasteiger charge is 2.77. The van der Waals surface area contributed by atoms with Crippen LogP contribution in [0.2, 0.25) is 0 Å². The number of aliphatic hydroxyl groups excluding tert-OH is 1. The standard InChI is InChI=1S/C37H52BrN3O7/c1-7-11-18-29(43)47-22-27(25-16-13-12-14-17-25)39-34(44)30-31-35(45)41(28(21-42)23(5)10-4)33(37(31)20-26(38)32(30)48-37)36(46)40(19-9-3)24(6)15-8-2/h7,9,12-14,16-17,23-24,26-28,30-33,42H,1,3,8,10-11,15,18-22H2,2,4-6H3,(H,39,44)/t23-,24?,26?,27+,28-,30-,31+,32-,33-,37+/m0/s1. The Bertz CT molecular complexity index is 1330. The number of nitrogens with one attached hydrogen (secondary N) is 1. The van der Waals surface area contributed by atoms with Crippen molar-refractivity contribution in [2.24, 2.45) is 17.8 Å². The molecular formula is C37H52BrN3O7. The molecule has 1 aromatic rings. The van der Waals surface area contributed by atoms with Crippen LogP contribution in [0.5, 0.6) is 0 Å². The molecule has 3 saturated heterocycles. The van der Waals surface area contributed by atoms with E-state index in [9.17, 15) is 24.3 Å². The lowest BCUT2D eigenvalue weighted by atomic mass is 9.70. The summed E-state index contributed by atoms with van der Waals surface area (Å²) < 4.78 is 12.3. The molecule has 0 radical (unpaired) electrons. The molecule has 10 nitrogen and oxygen atoms in total. The highest BCUT2D eigenvalue weighted by atomic mass is 79.9. The molecule has 3 amide bonds. The van der Waals surface area contributed by atoms with Gasteiger partial charge in [0.2, 0.25) is 17.7 Å². The van der Waals surface area contributed by atoms with Crippen LogP contribution in [0.3, 0.4) is 0 Å². The molecule has 1 aromatic carbocycles. The molecule has 2 N–H and O–H groups in total. The van der Waals surface area contributed by atoms with Crippen LogP contribution < -0.4 is 5.32 Å². The summed E-state index contributed by atoms with van der Waals surface area (Å²) >= 11 is 3.75. The summed E-state index contributed by atoms with van der Waals surface area (Å²) in [6.45, 7) is 15.4. The highest BCUT2D eigenvalue weighted by Crippen LogP contribution is 2.61. The molecule has 2 unspecified atom stereocenters. The molecule has 3 aliphatic rings.